The Labute approximate surface area is 174 Å². The summed E-state index contributed by atoms with van der Waals surface area (Å²) in [6, 6.07) is 13.5. The van der Waals surface area contributed by atoms with E-state index in [4.69, 9.17) is 17.0 Å². The SMILES string of the molecule is COC(=O)CCN1C(=S)NC(c2ccccn2)C1c1cccn1-c1ccncc1. The molecule has 8 heteroatoms. The Morgan fingerprint density at radius 1 is 1.17 bits per heavy atom. The van der Waals surface area contributed by atoms with Crippen LogP contribution in [0.2, 0.25) is 0 Å². The molecule has 0 saturated carbocycles. The Kier molecular flexibility index (Phi) is 5.53. The van der Waals surface area contributed by atoms with Crippen LogP contribution in [0.1, 0.15) is 29.9 Å². The van der Waals surface area contributed by atoms with Gasteiger partial charge in [-0.05, 0) is 48.6 Å². The summed E-state index contributed by atoms with van der Waals surface area (Å²) < 4.78 is 6.94. The van der Waals surface area contributed by atoms with Crippen LogP contribution in [-0.2, 0) is 9.53 Å². The number of carbonyl (C=O) groups is 1. The van der Waals surface area contributed by atoms with Gasteiger partial charge in [-0.15, -0.1) is 0 Å². The second kappa shape index (κ2) is 8.40. The predicted molar refractivity (Wildman–Crippen MR) is 112 cm³/mol. The zero-order valence-corrected chi connectivity index (χ0v) is 16.7. The predicted octanol–water partition coefficient (Wildman–Crippen LogP) is 2.80. The molecule has 0 bridgehead atoms. The van der Waals surface area contributed by atoms with E-state index in [9.17, 15) is 4.79 Å². The first kappa shape index (κ1) is 19.1. The first-order valence-electron chi connectivity index (χ1n) is 9.31. The number of nitrogens with zero attached hydrogens (tertiary/aromatic N) is 4. The van der Waals surface area contributed by atoms with Crippen molar-refractivity contribution in [1.82, 2.24) is 24.8 Å². The number of rotatable bonds is 6. The highest BCUT2D eigenvalue weighted by Crippen LogP contribution is 2.39. The monoisotopic (exact) mass is 407 g/mol. The third-order valence-corrected chi connectivity index (χ3v) is 5.36. The number of pyridine rings is 2. The summed E-state index contributed by atoms with van der Waals surface area (Å²) >= 11 is 5.63. The summed E-state index contributed by atoms with van der Waals surface area (Å²) in [6.07, 6.45) is 7.57. The number of esters is 1. The molecule has 0 spiro atoms. The largest absolute Gasteiger partial charge is 0.469 e. The summed E-state index contributed by atoms with van der Waals surface area (Å²) in [4.78, 5) is 22.5. The van der Waals surface area contributed by atoms with Crippen LogP contribution in [0.25, 0.3) is 5.69 Å². The molecule has 1 aliphatic heterocycles. The molecule has 2 atom stereocenters. The molecular formula is C21H21N5O2S. The van der Waals surface area contributed by atoms with Gasteiger partial charge in [-0.25, -0.2) is 0 Å². The van der Waals surface area contributed by atoms with Crippen molar-refractivity contribution >= 4 is 23.3 Å². The number of carbonyl (C=O) groups excluding carboxylic acids is 1. The molecule has 1 aliphatic rings. The quantitative estimate of drug-likeness (QED) is 0.498. The molecule has 1 fully saturated rings. The number of thiocarbonyl (C=S) groups is 1. The minimum atomic E-state index is -0.266. The average molecular weight is 407 g/mol. The fraction of sp³-hybridized carbons (Fsp3) is 0.238. The Hall–Kier alpha value is -3.26. The van der Waals surface area contributed by atoms with Gasteiger partial charge in [0.2, 0.25) is 0 Å². The van der Waals surface area contributed by atoms with E-state index in [-0.39, 0.29) is 24.5 Å². The van der Waals surface area contributed by atoms with Gasteiger partial charge in [-0.1, -0.05) is 6.07 Å². The normalized spacial score (nSPS) is 18.5. The van der Waals surface area contributed by atoms with E-state index in [1.54, 1.807) is 18.6 Å². The van der Waals surface area contributed by atoms with Crippen LogP contribution in [0, 0.1) is 0 Å². The Bertz CT molecular complexity index is 993. The second-order valence-corrected chi connectivity index (χ2v) is 7.04. The molecule has 0 aliphatic carbocycles. The third-order valence-electron chi connectivity index (χ3n) is 5.01. The number of aromatic nitrogens is 3. The fourth-order valence-corrected chi connectivity index (χ4v) is 3.99. The maximum Gasteiger partial charge on any atom is 0.307 e. The van der Waals surface area contributed by atoms with Crippen LogP contribution in [0.3, 0.4) is 0 Å². The highest BCUT2D eigenvalue weighted by atomic mass is 32.1. The first-order valence-corrected chi connectivity index (χ1v) is 9.72. The van der Waals surface area contributed by atoms with Crippen LogP contribution in [-0.4, -0.2) is 44.2 Å². The molecule has 4 heterocycles. The first-order chi connectivity index (χ1) is 14.2. The van der Waals surface area contributed by atoms with Crippen LogP contribution in [0.5, 0.6) is 0 Å². The molecule has 4 rings (SSSR count). The van der Waals surface area contributed by atoms with Crippen molar-refractivity contribution in [3.63, 3.8) is 0 Å². The van der Waals surface area contributed by atoms with Crippen LogP contribution >= 0.6 is 12.2 Å². The topological polar surface area (TPSA) is 72.3 Å². The molecular weight excluding hydrogens is 386 g/mol. The van der Waals surface area contributed by atoms with E-state index in [1.165, 1.54) is 7.11 Å². The summed E-state index contributed by atoms with van der Waals surface area (Å²) in [5.41, 5.74) is 2.94. The smallest absolute Gasteiger partial charge is 0.307 e. The number of methoxy groups -OCH3 is 1. The zero-order valence-electron chi connectivity index (χ0n) is 15.9. The maximum absolute atomic E-state index is 11.8. The number of nitrogens with one attached hydrogen (secondary N) is 1. The lowest BCUT2D eigenvalue weighted by Gasteiger charge is -2.28. The highest BCUT2D eigenvalue weighted by molar-refractivity contribution is 7.80. The number of ether oxygens (including phenoxy) is 1. The van der Waals surface area contributed by atoms with Crippen molar-refractivity contribution in [2.45, 2.75) is 18.5 Å². The van der Waals surface area contributed by atoms with Crippen molar-refractivity contribution in [2.24, 2.45) is 0 Å². The van der Waals surface area contributed by atoms with E-state index in [0.29, 0.717) is 11.7 Å². The summed E-state index contributed by atoms with van der Waals surface area (Å²) in [6.45, 7) is 0.452. The van der Waals surface area contributed by atoms with Crippen LogP contribution in [0.4, 0.5) is 0 Å². The molecule has 3 aromatic rings. The van der Waals surface area contributed by atoms with Gasteiger partial charge in [-0.2, -0.15) is 0 Å². The van der Waals surface area contributed by atoms with Crippen molar-refractivity contribution in [3.8, 4) is 5.69 Å². The van der Waals surface area contributed by atoms with Gasteiger partial charge in [0, 0.05) is 42.7 Å². The molecule has 1 saturated heterocycles. The molecule has 148 valence electrons. The third kappa shape index (κ3) is 3.84. The molecule has 0 aromatic carbocycles. The molecule has 29 heavy (non-hydrogen) atoms. The molecule has 2 unspecified atom stereocenters. The summed E-state index contributed by atoms with van der Waals surface area (Å²) in [5, 5.41) is 3.99. The zero-order chi connectivity index (χ0) is 20.2. The van der Waals surface area contributed by atoms with Gasteiger partial charge in [0.25, 0.3) is 0 Å². The van der Waals surface area contributed by atoms with Crippen molar-refractivity contribution in [2.75, 3.05) is 13.7 Å². The van der Waals surface area contributed by atoms with Gasteiger partial charge in [-0.3, -0.25) is 14.8 Å². The van der Waals surface area contributed by atoms with Crippen LogP contribution in [0.15, 0.2) is 67.3 Å². The minimum absolute atomic E-state index is 0.134. The maximum atomic E-state index is 11.8. The fourth-order valence-electron chi connectivity index (χ4n) is 3.66. The Morgan fingerprint density at radius 2 is 2.00 bits per heavy atom. The van der Waals surface area contributed by atoms with Crippen molar-refractivity contribution in [1.29, 1.82) is 0 Å². The van der Waals surface area contributed by atoms with Gasteiger partial charge in [0.1, 0.15) is 0 Å². The van der Waals surface area contributed by atoms with Gasteiger partial charge in [0.15, 0.2) is 5.11 Å². The van der Waals surface area contributed by atoms with Crippen molar-refractivity contribution in [3.05, 3.63) is 78.6 Å². The average Bonchev–Trinajstić information content (AvgIpc) is 3.37. The Morgan fingerprint density at radius 3 is 2.72 bits per heavy atom. The van der Waals surface area contributed by atoms with E-state index in [2.05, 4.69) is 25.9 Å². The summed E-state index contributed by atoms with van der Waals surface area (Å²) in [7, 11) is 1.39. The Balaban J connectivity index is 1.75. The molecule has 0 radical (unpaired) electrons. The lowest BCUT2D eigenvalue weighted by Crippen LogP contribution is -2.32. The van der Waals surface area contributed by atoms with E-state index in [0.717, 1.165) is 17.1 Å². The van der Waals surface area contributed by atoms with Gasteiger partial charge in [0.05, 0.1) is 31.3 Å². The van der Waals surface area contributed by atoms with Crippen molar-refractivity contribution < 1.29 is 9.53 Å². The van der Waals surface area contributed by atoms with Gasteiger partial charge < -0.3 is 19.5 Å². The van der Waals surface area contributed by atoms with E-state index >= 15 is 0 Å². The molecule has 7 nitrogen and oxygen atoms in total. The highest BCUT2D eigenvalue weighted by Gasteiger charge is 2.41. The van der Waals surface area contributed by atoms with Crippen LogP contribution < -0.4 is 5.32 Å². The molecule has 0 amide bonds. The molecule has 1 N–H and O–H groups in total. The number of hydrogen-bond donors (Lipinski definition) is 1. The van der Waals surface area contributed by atoms with Gasteiger partial charge >= 0.3 is 5.97 Å². The van der Waals surface area contributed by atoms with E-state index in [1.807, 2.05) is 47.5 Å². The minimum Gasteiger partial charge on any atom is -0.469 e. The van der Waals surface area contributed by atoms with E-state index < -0.39 is 0 Å². The number of hydrogen-bond acceptors (Lipinski definition) is 5. The lowest BCUT2D eigenvalue weighted by atomic mass is 10.0. The standard InChI is InChI=1S/C21H21N5O2S/c1-28-18(27)9-14-26-20(19(24-21(26)29)16-5-2-3-10-23-16)17-6-4-13-25(17)15-7-11-22-12-8-15/h2-8,10-13,19-20H,9,14H2,1H3,(H,24,29). The second-order valence-electron chi connectivity index (χ2n) is 6.65. The summed E-state index contributed by atoms with van der Waals surface area (Å²) in [5.74, 6) is -0.266. The molecule has 3 aromatic heterocycles. The lowest BCUT2D eigenvalue weighted by molar-refractivity contribution is -0.140.